The number of benzene rings is 2. The minimum atomic E-state index is -0.755. The van der Waals surface area contributed by atoms with Crippen LogP contribution in [0.2, 0.25) is 0 Å². The van der Waals surface area contributed by atoms with E-state index in [1.807, 2.05) is 39.8 Å². The van der Waals surface area contributed by atoms with Gasteiger partial charge in [-0.15, -0.1) is 0 Å². The fraction of sp³-hybridized carbons (Fsp3) is 0.394. The molecule has 2 unspecified atom stereocenters. The van der Waals surface area contributed by atoms with Gasteiger partial charge in [0.15, 0.2) is 23.5 Å². The van der Waals surface area contributed by atoms with Gasteiger partial charge in [0.25, 0.3) is 0 Å². The largest absolute Gasteiger partial charge is 0.508 e. The second kappa shape index (κ2) is 11.0. The molecule has 2 aromatic rings. The predicted molar refractivity (Wildman–Crippen MR) is 180 cm³/mol. The van der Waals surface area contributed by atoms with Crippen molar-refractivity contribution in [1.82, 2.24) is 10.6 Å². The van der Waals surface area contributed by atoms with Gasteiger partial charge in [0, 0.05) is 55.5 Å². The van der Waals surface area contributed by atoms with Crippen LogP contribution in [0.1, 0.15) is 87.7 Å². The van der Waals surface area contributed by atoms with E-state index in [-0.39, 0.29) is 45.8 Å². The lowest BCUT2D eigenvalue weighted by atomic mass is 9.73. The number of hydrogen-bond acceptors (Lipinski definition) is 10. The zero-order valence-corrected chi connectivity index (χ0v) is 28.7. The number of Topliss-reactive ketones (excluding diaryl/α,β-unsaturated/α-hetero) is 2. The monoisotopic (exact) mass is 738 g/mol. The van der Waals surface area contributed by atoms with E-state index in [0.717, 1.165) is 22.5 Å². The molecule has 0 amide bonds. The molecule has 0 bridgehead atoms. The predicted octanol–water partition coefficient (Wildman–Crippen LogP) is 5.42. The number of phenolic OH excluding ortho intramolecular Hbond substituents is 2. The summed E-state index contributed by atoms with van der Waals surface area (Å²) < 4.78 is 1.31. The number of guanidine groups is 2. The van der Waals surface area contributed by atoms with E-state index in [0.29, 0.717) is 63.3 Å². The first-order chi connectivity index (χ1) is 21.0. The SMILES string of the molecule is CC1(C)CC(=O)C2=C(C1)NC(N)=NC2c1cc(Cc2cc(C3N=C(N)NC4=C3C(=O)CC(C)(C)C4)c(O)cc2Br)c(Br)cc1O. The van der Waals surface area contributed by atoms with Crippen molar-refractivity contribution in [3.8, 4) is 11.5 Å². The minimum absolute atomic E-state index is 0.0123. The Morgan fingerprint density at radius 2 is 1.11 bits per heavy atom. The Bertz CT molecular complexity index is 1680. The number of hydrogen-bond donors (Lipinski definition) is 6. The number of aromatic hydroxyl groups is 2. The van der Waals surface area contributed by atoms with Gasteiger partial charge >= 0.3 is 0 Å². The summed E-state index contributed by atoms with van der Waals surface area (Å²) in [5.74, 6) is 0.302. The van der Waals surface area contributed by atoms with Crippen LogP contribution < -0.4 is 22.1 Å². The van der Waals surface area contributed by atoms with E-state index in [9.17, 15) is 19.8 Å². The molecule has 4 aliphatic rings. The van der Waals surface area contributed by atoms with Gasteiger partial charge < -0.3 is 32.3 Å². The number of rotatable bonds is 4. The van der Waals surface area contributed by atoms with E-state index in [2.05, 4.69) is 52.5 Å². The van der Waals surface area contributed by atoms with Gasteiger partial charge in [0.05, 0.1) is 0 Å². The van der Waals surface area contributed by atoms with Crippen LogP contribution in [0, 0.1) is 10.8 Å². The quantitative estimate of drug-likeness (QED) is 0.241. The van der Waals surface area contributed by atoms with Gasteiger partial charge in [-0.1, -0.05) is 59.6 Å². The van der Waals surface area contributed by atoms with Crippen molar-refractivity contribution < 1.29 is 19.8 Å². The van der Waals surface area contributed by atoms with Crippen molar-refractivity contribution in [3.63, 3.8) is 0 Å². The number of nitrogens with zero attached hydrogens (tertiary/aromatic N) is 2. The maximum atomic E-state index is 13.4. The zero-order valence-electron chi connectivity index (χ0n) is 25.5. The summed E-state index contributed by atoms with van der Waals surface area (Å²) in [7, 11) is 0. The smallest absolute Gasteiger partial charge is 0.193 e. The third-order valence-corrected chi connectivity index (χ3v) is 10.3. The molecular formula is C33H36Br2N6O4. The van der Waals surface area contributed by atoms with Crippen LogP contribution in [0.3, 0.4) is 0 Å². The highest BCUT2D eigenvalue weighted by atomic mass is 79.9. The highest BCUT2D eigenvalue weighted by Gasteiger charge is 2.41. The number of nitrogens with two attached hydrogens (primary N) is 2. The number of allylic oxidation sites excluding steroid dienone is 2. The molecule has 2 aliphatic heterocycles. The molecule has 10 nitrogen and oxygen atoms in total. The Kier molecular flexibility index (Phi) is 7.67. The molecule has 0 fully saturated rings. The van der Waals surface area contributed by atoms with Crippen molar-refractivity contribution >= 4 is 55.3 Å². The van der Waals surface area contributed by atoms with Crippen LogP contribution in [0.5, 0.6) is 11.5 Å². The first-order valence-corrected chi connectivity index (χ1v) is 16.4. The molecule has 6 rings (SSSR count). The van der Waals surface area contributed by atoms with E-state index in [4.69, 9.17) is 11.5 Å². The molecular weight excluding hydrogens is 704 g/mol. The summed E-state index contributed by atoms with van der Waals surface area (Å²) in [6, 6.07) is 5.35. The Balaban J connectivity index is 1.40. The highest BCUT2D eigenvalue weighted by Crippen LogP contribution is 2.47. The van der Waals surface area contributed by atoms with E-state index >= 15 is 0 Å². The lowest BCUT2D eigenvalue weighted by Gasteiger charge is -2.37. The van der Waals surface area contributed by atoms with Crippen LogP contribution in [0.4, 0.5) is 0 Å². The van der Waals surface area contributed by atoms with E-state index in [1.54, 1.807) is 12.1 Å². The first-order valence-electron chi connectivity index (χ1n) is 14.8. The second-order valence-corrected chi connectivity index (χ2v) is 15.6. The molecule has 2 atom stereocenters. The van der Waals surface area contributed by atoms with E-state index in [1.165, 1.54) is 0 Å². The van der Waals surface area contributed by atoms with Crippen LogP contribution in [0.15, 0.2) is 65.7 Å². The zero-order chi connectivity index (χ0) is 32.6. The first kappa shape index (κ1) is 31.3. The number of ketones is 2. The Labute approximate surface area is 278 Å². The van der Waals surface area contributed by atoms with Crippen LogP contribution in [0.25, 0.3) is 0 Å². The number of halogens is 2. The molecule has 0 radical (unpaired) electrons. The number of nitrogens with one attached hydrogen (secondary N) is 2. The molecule has 0 aromatic heterocycles. The van der Waals surface area contributed by atoms with Crippen LogP contribution in [-0.4, -0.2) is 33.7 Å². The minimum Gasteiger partial charge on any atom is -0.508 e. The van der Waals surface area contributed by atoms with Crippen LogP contribution >= 0.6 is 31.9 Å². The standard InChI is InChI=1S/C33H36Br2N6O4/c1-32(2)10-20-26(24(44)12-32)28(40-30(36)38-20)16-6-14(18(34)8-22(16)42)5-15-7-17(23(43)9-19(15)35)29-27-21(39-31(37)41-29)11-33(3,4)13-25(27)45/h6-9,28-29,42-43H,5,10-13H2,1-4H3,(H3,36,38,40)(H3,37,39,41). The fourth-order valence-electron chi connectivity index (χ4n) is 6.93. The Morgan fingerprint density at radius 1 is 0.733 bits per heavy atom. The second-order valence-electron chi connectivity index (χ2n) is 13.9. The average Bonchev–Trinajstić information content (AvgIpc) is 2.88. The van der Waals surface area contributed by atoms with Crippen molar-refractivity contribution in [1.29, 1.82) is 0 Å². The van der Waals surface area contributed by atoms with Crippen LogP contribution in [-0.2, 0) is 16.0 Å². The summed E-state index contributed by atoms with van der Waals surface area (Å²) in [5, 5.41) is 28.4. The lowest BCUT2D eigenvalue weighted by Crippen LogP contribution is -2.42. The molecule has 0 saturated heterocycles. The molecule has 8 N–H and O–H groups in total. The topological polar surface area (TPSA) is 175 Å². The number of phenols is 2. The molecule has 0 saturated carbocycles. The van der Waals surface area contributed by atoms with Gasteiger partial charge in [-0.3, -0.25) is 9.59 Å². The van der Waals surface area contributed by atoms with Gasteiger partial charge in [0.2, 0.25) is 0 Å². The van der Waals surface area contributed by atoms with Crippen molar-refractivity contribution in [2.24, 2.45) is 32.3 Å². The molecule has 236 valence electrons. The summed E-state index contributed by atoms with van der Waals surface area (Å²) >= 11 is 7.20. The molecule has 12 heteroatoms. The van der Waals surface area contributed by atoms with Crippen molar-refractivity contribution in [2.45, 2.75) is 71.9 Å². The normalized spacial score (nSPS) is 23.9. The summed E-state index contributed by atoms with van der Waals surface area (Å²) in [5.41, 5.74) is 17.0. The lowest BCUT2D eigenvalue weighted by molar-refractivity contribution is -0.119. The Morgan fingerprint density at radius 3 is 1.49 bits per heavy atom. The third kappa shape index (κ3) is 5.90. The number of carbonyl (C=O) groups is 2. The Hall–Kier alpha value is -3.64. The summed E-state index contributed by atoms with van der Waals surface area (Å²) in [4.78, 5) is 35.8. The average molecular weight is 740 g/mol. The molecule has 0 spiro atoms. The highest BCUT2D eigenvalue weighted by molar-refractivity contribution is 9.10. The van der Waals surface area contributed by atoms with Gasteiger partial charge in [0.1, 0.15) is 23.6 Å². The fourth-order valence-corrected chi connectivity index (χ4v) is 7.87. The summed E-state index contributed by atoms with van der Waals surface area (Å²) in [6.07, 6.45) is 2.38. The molecule has 2 aromatic carbocycles. The number of carbonyl (C=O) groups excluding carboxylic acids is 2. The summed E-state index contributed by atoms with van der Waals surface area (Å²) in [6.45, 7) is 8.16. The molecule has 45 heavy (non-hydrogen) atoms. The van der Waals surface area contributed by atoms with E-state index < -0.39 is 12.1 Å². The number of aliphatic imine (C=N–C) groups is 2. The molecule has 2 heterocycles. The maximum absolute atomic E-state index is 13.4. The van der Waals surface area contributed by atoms with Gasteiger partial charge in [-0.2, -0.15) is 0 Å². The van der Waals surface area contributed by atoms with Crippen molar-refractivity contribution in [3.05, 3.63) is 78.0 Å². The maximum Gasteiger partial charge on any atom is 0.193 e. The third-order valence-electron chi connectivity index (χ3n) is 8.84. The van der Waals surface area contributed by atoms with Crippen molar-refractivity contribution in [2.75, 3.05) is 0 Å². The van der Waals surface area contributed by atoms with Gasteiger partial charge in [-0.05, 0) is 65.5 Å². The molecule has 2 aliphatic carbocycles. The van der Waals surface area contributed by atoms with Gasteiger partial charge in [-0.25, -0.2) is 9.98 Å².